The zero-order valence-corrected chi connectivity index (χ0v) is 17.9. The van der Waals surface area contributed by atoms with E-state index >= 15 is 0 Å². The third-order valence-corrected chi connectivity index (χ3v) is 5.33. The number of allylic oxidation sites excluding steroid dienone is 1. The summed E-state index contributed by atoms with van der Waals surface area (Å²) >= 11 is 0. The maximum Gasteiger partial charge on any atom is 0.332 e. The van der Waals surface area contributed by atoms with Crippen molar-refractivity contribution >= 4 is 22.8 Å². The van der Waals surface area contributed by atoms with Crippen molar-refractivity contribution in [3.8, 4) is 5.75 Å². The number of ether oxygens (including phenoxy) is 1. The molecule has 0 N–H and O–H groups in total. The minimum absolute atomic E-state index is 0.195. The Morgan fingerprint density at radius 2 is 1.93 bits per heavy atom. The summed E-state index contributed by atoms with van der Waals surface area (Å²) in [5, 5.41) is 0. The fourth-order valence-electron chi connectivity index (χ4n) is 4.02. The van der Waals surface area contributed by atoms with Gasteiger partial charge in [0, 0.05) is 25.8 Å². The maximum atomic E-state index is 13.2. The first kappa shape index (κ1) is 20.0. The van der Waals surface area contributed by atoms with E-state index in [0.29, 0.717) is 36.2 Å². The Morgan fingerprint density at radius 3 is 2.57 bits per heavy atom. The van der Waals surface area contributed by atoms with Crippen LogP contribution in [0.2, 0.25) is 0 Å². The van der Waals surface area contributed by atoms with Gasteiger partial charge in [-0.15, -0.1) is 0 Å². The molecule has 0 aliphatic carbocycles. The summed E-state index contributed by atoms with van der Waals surface area (Å²) in [5.41, 5.74) is 1.87. The molecule has 30 heavy (non-hydrogen) atoms. The molecular formula is C22H27N5O3. The molecule has 1 aliphatic rings. The first-order chi connectivity index (χ1) is 14.3. The molecule has 1 aliphatic heterocycles. The fraction of sp³-hybridized carbons (Fsp3) is 0.409. The van der Waals surface area contributed by atoms with Gasteiger partial charge in [0.25, 0.3) is 5.56 Å². The van der Waals surface area contributed by atoms with Crippen LogP contribution in [0.4, 0.5) is 11.6 Å². The summed E-state index contributed by atoms with van der Waals surface area (Å²) in [4.78, 5) is 32.8. The van der Waals surface area contributed by atoms with Gasteiger partial charge in [-0.25, -0.2) is 4.79 Å². The Bertz CT molecular complexity index is 1230. The van der Waals surface area contributed by atoms with Crippen molar-refractivity contribution in [2.75, 3.05) is 18.1 Å². The Kier molecular flexibility index (Phi) is 5.01. The first-order valence-corrected chi connectivity index (χ1v) is 10.2. The Hall–Kier alpha value is -3.29. The zero-order valence-electron chi connectivity index (χ0n) is 17.9. The van der Waals surface area contributed by atoms with Gasteiger partial charge < -0.3 is 14.2 Å². The number of rotatable bonds is 5. The summed E-state index contributed by atoms with van der Waals surface area (Å²) in [6.07, 6.45) is 0. The van der Waals surface area contributed by atoms with Gasteiger partial charge >= 0.3 is 5.69 Å². The van der Waals surface area contributed by atoms with Crippen molar-refractivity contribution in [3.05, 3.63) is 57.3 Å². The molecule has 3 heterocycles. The van der Waals surface area contributed by atoms with E-state index in [1.807, 2.05) is 35.8 Å². The van der Waals surface area contributed by atoms with Crippen LogP contribution in [0.15, 0.2) is 46.0 Å². The maximum absolute atomic E-state index is 13.2. The number of hydrogen-bond donors (Lipinski definition) is 0. The molecule has 0 bridgehead atoms. The van der Waals surface area contributed by atoms with Crippen LogP contribution in [-0.4, -0.2) is 31.8 Å². The Balaban J connectivity index is 1.92. The summed E-state index contributed by atoms with van der Waals surface area (Å²) in [5.74, 6) is 1.78. The number of benzene rings is 1. The van der Waals surface area contributed by atoms with E-state index in [1.54, 1.807) is 14.0 Å². The molecule has 1 aromatic carbocycles. The van der Waals surface area contributed by atoms with Crippen LogP contribution < -0.4 is 20.9 Å². The van der Waals surface area contributed by atoms with E-state index in [9.17, 15) is 9.59 Å². The third-order valence-electron chi connectivity index (χ3n) is 5.33. The van der Waals surface area contributed by atoms with Gasteiger partial charge in [0.15, 0.2) is 11.2 Å². The molecule has 1 atom stereocenters. The molecule has 2 aromatic heterocycles. The first-order valence-electron chi connectivity index (χ1n) is 10.2. The second-order valence-corrected chi connectivity index (χ2v) is 8.03. The van der Waals surface area contributed by atoms with Crippen molar-refractivity contribution in [2.45, 2.75) is 33.9 Å². The van der Waals surface area contributed by atoms with E-state index in [1.165, 1.54) is 9.13 Å². The summed E-state index contributed by atoms with van der Waals surface area (Å²) in [7, 11) is 1.66. The van der Waals surface area contributed by atoms with E-state index in [4.69, 9.17) is 9.72 Å². The van der Waals surface area contributed by atoms with Crippen LogP contribution in [0.25, 0.3) is 11.2 Å². The highest BCUT2D eigenvalue weighted by Crippen LogP contribution is 2.33. The number of aryl methyl sites for hydroxylation is 1. The van der Waals surface area contributed by atoms with Gasteiger partial charge in [-0.05, 0) is 44.0 Å². The normalized spacial score (nSPS) is 16.0. The molecule has 0 spiro atoms. The van der Waals surface area contributed by atoms with Gasteiger partial charge in [0.2, 0.25) is 5.95 Å². The van der Waals surface area contributed by atoms with Gasteiger partial charge in [0.05, 0.1) is 13.2 Å². The number of imidazole rings is 1. The third kappa shape index (κ3) is 3.22. The highest BCUT2D eigenvalue weighted by Gasteiger charge is 2.29. The van der Waals surface area contributed by atoms with Crippen molar-refractivity contribution in [1.82, 2.24) is 18.7 Å². The zero-order chi connectivity index (χ0) is 21.6. The van der Waals surface area contributed by atoms with E-state index in [-0.39, 0.29) is 17.8 Å². The second kappa shape index (κ2) is 7.51. The minimum atomic E-state index is -0.383. The molecule has 0 radical (unpaired) electrons. The molecule has 8 heteroatoms. The molecule has 158 valence electrons. The van der Waals surface area contributed by atoms with Gasteiger partial charge in [-0.3, -0.25) is 13.9 Å². The van der Waals surface area contributed by atoms with Crippen LogP contribution in [0.5, 0.6) is 5.75 Å². The van der Waals surface area contributed by atoms with Gasteiger partial charge in [0.1, 0.15) is 5.75 Å². The van der Waals surface area contributed by atoms with E-state index in [2.05, 4.69) is 18.4 Å². The van der Waals surface area contributed by atoms with Gasteiger partial charge in [-0.2, -0.15) is 4.98 Å². The molecule has 0 amide bonds. The van der Waals surface area contributed by atoms with Crippen LogP contribution in [0.1, 0.15) is 20.8 Å². The molecular weight excluding hydrogens is 382 g/mol. The number of anilines is 2. The number of nitrogens with zero attached hydrogens (tertiary/aromatic N) is 5. The summed E-state index contributed by atoms with van der Waals surface area (Å²) in [6.45, 7) is 12.0. The number of fused-ring (bicyclic) bond motifs is 3. The Morgan fingerprint density at radius 1 is 1.23 bits per heavy atom. The highest BCUT2D eigenvalue weighted by molar-refractivity contribution is 5.77. The standard InChI is InChI=1S/C22H27N5O3/c1-6-30-17-9-7-16(8-10-17)25-12-15(4)13-26-18-19(23-21(25)26)24(5)22(29)27(20(18)28)11-14(2)3/h7-10,15H,2,6,11-13H2,1,3-5H3. The van der Waals surface area contributed by atoms with E-state index in [0.717, 1.165) is 23.6 Å². The second-order valence-electron chi connectivity index (χ2n) is 8.03. The van der Waals surface area contributed by atoms with E-state index < -0.39 is 0 Å². The lowest BCUT2D eigenvalue weighted by molar-refractivity contribution is 0.340. The average Bonchev–Trinajstić information content (AvgIpc) is 3.09. The molecule has 8 nitrogen and oxygen atoms in total. The quantitative estimate of drug-likeness (QED) is 0.606. The van der Waals surface area contributed by atoms with Crippen molar-refractivity contribution in [2.24, 2.45) is 13.0 Å². The predicted molar refractivity (Wildman–Crippen MR) is 118 cm³/mol. The highest BCUT2D eigenvalue weighted by atomic mass is 16.5. The Labute approximate surface area is 174 Å². The van der Waals surface area contributed by atoms with Crippen LogP contribution in [0, 0.1) is 5.92 Å². The fourth-order valence-corrected chi connectivity index (χ4v) is 4.02. The topological polar surface area (TPSA) is 74.3 Å². The molecule has 3 aromatic rings. The number of aromatic nitrogens is 4. The largest absolute Gasteiger partial charge is 0.494 e. The van der Waals surface area contributed by atoms with Crippen molar-refractivity contribution in [1.29, 1.82) is 0 Å². The monoisotopic (exact) mass is 409 g/mol. The van der Waals surface area contributed by atoms with Gasteiger partial charge in [-0.1, -0.05) is 19.1 Å². The van der Waals surface area contributed by atoms with Crippen LogP contribution >= 0.6 is 0 Å². The molecule has 1 unspecified atom stereocenters. The lowest BCUT2D eigenvalue weighted by Crippen LogP contribution is -2.40. The SMILES string of the molecule is C=C(C)Cn1c(=O)c2c(nc3n2CC(C)CN3c2ccc(OCC)cc2)n(C)c1=O. The smallest absolute Gasteiger partial charge is 0.332 e. The average molecular weight is 409 g/mol. The van der Waals surface area contributed by atoms with Crippen molar-refractivity contribution in [3.63, 3.8) is 0 Å². The van der Waals surface area contributed by atoms with Crippen molar-refractivity contribution < 1.29 is 4.74 Å². The molecule has 0 saturated carbocycles. The summed E-state index contributed by atoms with van der Waals surface area (Å²) < 4.78 is 10.2. The lowest BCUT2D eigenvalue weighted by atomic mass is 10.1. The minimum Gasteiger partial charge on any atom is -0.494 e. The molecule has 4 rings (SSSR count). The lowest BCUT2D eigenvalue weighted by Gasteiger charge is -2.33. The molecule has 0 saturated heterocycles. The molecule has 0 fully saturated rings. The summed E-state index contributed by atoms with van der Waals surface area (Å²) in [6, 6.07) is 7.84. The predicted octanol–water partition coefficient (Wildman–Crippen LogP) is 2.66. The van der Waals surface area contributed by atoms with Crippen LogP contribution in [0.3, 0.4) is 0 Å². The van der Waals surface area contributed by atoms with Crippen LogP contribution in [-0.2, 0) is 20.1 Å². The number of hydrogen-bond acceptors (Lipinski definition) is 5.